The molecule has 8 nitrogen and oxygen atoms in total. The second kappa shape index (κ2) is 12.5. The highest BCUT2D eigenvalue weighted by atomic mass is 16.5. The van der Waals surface area contributed by atoms with Gasteiger partial charge in [0.05, 0.1) is 30.1 Å². The molecule has 7 atom stereocenters. The molecular formula is C31H51N3O5. The van der Waals surface area contributed by atoms with Gasteiger partial charge in [-0.2, -0.15) is 0 Å². The van der Waals surface area contributed by atoms with Gasteiger partial charge in [0.15, 0.2) is 0 Å². The molecule has 0 aliphatic carbocycles. The summed E-state index contributed by atoms with van der Waals surface area (Å²) in [7, 11) is 0. The maximum atomic E-state index is 14.5. The molecule has 8 heteroatoms. The number of hydrogen-bond acceptors (Lipinski definition) is 5. The van der Waals surface area contributed by atoms with E-state index in [2.05, 4.69) is 27.0 Å². The van der Waals surface area contributed by atoms with Crippen molar-refractivity contribution >= 4 is 17.7 Å². The molecule has 2 bridgehead atoms. The Kier molecular flexibility index (Phi) is 10.1. The fraction of sp³-hybridized carbons (Fsp3) is 0.774. The molecule has 0 aromatic carbocycles. The molecule has 3 aliphatic rings. The molecule has 3 rings (SSSR count). The Hall–Kier alpha value is -2.19. The third kappa shape index (κ3) is 5.19. The molecule has 3 fully saturated rings. The average Bonchev–Trinajstić information content (AvgIpc) is 3.40. The number of aliphatic hydroxyl groups excluding tert-OH is 1. The van der Waals surface area contributed by atoms with Gasteiger partial charge < -0.3 is 24.5 Å². The molecule has 0 aromatic heterocycles. The molecule has 0 saturated carbocycles. The molecule has 0 aromatic rings. The first kappa shape index (κ1) is 31.3. The van der Waals surface area contributed by atoms with Crippen LogP contribution in [0.25, 0.3) is 0 Å². The number of amides is 3. The van der Waals surface area contributed by atoms with E-state index in [4.69, 9.17) is 4.74 Å². The molecule has 3 amide bonds. The topological polar surface area (TPSA) is 90.4 Å². The van der Waals surface area contributed by atoms with Gasteiger partial charge >= 0.3 is 0 Å². The Labute approximate surface area is 235 Å². The first-order chi connectivity index (χ1) is 18.5. The molecule has 3 unspecified atom stereocenters. The zero-order valence-electron chi connectivity index (χ0n) is 25.0. The van der Waals surface area contributed by atoms with Crippen molar-refractivity contribution in [2.45, 2.75) is 96.9 Å². The fourth-order valence-electron chi connectivity index (χ4n) is 7.40. The van der Waals surface area contributed by atoms with Crippen LogP contribution in [0.1, 0.15) is 73.6 Å². The van der Waals surface area contributed by atoms with E-state index in [9.17, 15) is 19.5 Å². The van der Waals surface area contributed by atoms with Crippen LogP contribution in [0.15, 0.2) is 25.3 Å². The third-order valence-corrected chi connectivity index (χ3v) is 9.41. The van der Waals surface area contributed by atoms with Crippen LogP contribution in [-0.4, -0.2) is 93.6 Å². The fourth-order valence-corrected chi connectivity index (χ4v) is 7.40. The summed E-state index contributed by atoms with van der Waals surface area (Å²) >= 11 is 0. The van der Waals surface area contributed by atoms with Crippen LogP contribution in [0, 0.1) is 23.7 Å². The highest BCUT2D eigenvalue weighted by molar-refractivity contribution is 5.99. The first-order valence-electron chi connectivity index (χ1n) is 14.9. The monoisotopic (exact) mass is 545 g/mol. The Balaban J connectivity index is 2.16. The molecule has 0 radical (unpaired) electrons. The molecule has 3 heterocycles. The smallest absolute Gasteiger partial charge is 0.248 e. The summed E-state index contributed by atoms with van der Waals surface area (Å²) in [6.07, 6.45) is 7.59. The van der Waals surface area contributed by atoms with Gasteiger partial charge in [0, 0.05) is 26.2 Å². The maximum absolute atomic E-state index is 14.5. The number of fused-ring (bicyclic) bond motifs is 1. The van der Waals surface area contributed by atoms with Crippen molar-refractivity contribution in [2.75, 3.05) is 32.8 Å². The summed E-state index contributed by atoms with van der Waals surface area (Å²) in [5.41, 5.74) is -1.99. The van der Waals surface area contributed by atoms with E-state index >= 15 is 0 Å². The standard InChI is InChI=1S/C31H51N3O5/c1-9-13-14-18-33(17-12-4)29(38)26-31-19-22(7)30(8,39-31)24(27(36)32(15-10-2)16-11-3)25(31)28(37)34(26)23(20-35)21(5)6/h10,12,21-26,35H,2,4,9,11,13-20H2,1,3,5-8H3/t22?,23-,24-,25-,26?,30+,31?/m0/s1. The minimum atomic E-state index is -1.12. The predicted molar refractivity (Wildman–Crippen MR) is 153 cm³/mol. The molecule has 1 spiro atoms. The number of rotatable bonds is 15. The molecule has 3 aliphatic heterocycles. The van der Waals surface area contributed by atoms with Crippen LogP contribution in [0.3, 0.4) is 0 Å². The highest BCUT2D eigenvalue weighted by Gasteiger charge is 2.80. The number of likely N-dealkylation sites (tertiary alicyclic amines) is 1. The van der Waals surface area contributed by atoms with Crippen LogP contribution in [0.5, 0.6) is 0 Å². The van der Waals surface area contributed by atoms with Crippen LogP contribution in [-0.2, 0) is 19.1 Å². The van der Waals surface area contributed by atoms with Crippen molar-refractivity contribution in [3.63, 3.8) is 0 Å². The van der Waals surface area contributed by atoms with Gasteiger partial charge in [-0.3, -0.25) is 14.4 Å². The van der Waals surface area contributed by atoms with E-state index in [-0.39, 0.29) is 36.2 Å². The number of aliphatic hydroxyl groups is 1. The highest BCUT2D eigenvalue weighted by Crippen LogP contribution is 2.66. The predicted octanol–water partition coefficient (Wildman–Crippen LogP) is 3.64. The van der Waals surface area contributed by atoms with Gasteiger partial charge in [-0.15, -0.1) is 13.2 Å². The zero-order valence-corrected chi connectivity index (χ0v) is 25.0. The lowest BCUT2D eigenvalue weighted by Crippen LogP contribution is -2.60. The number of carbonyl (C=O) groups is 3. The van der Waals surface area contributed by atoms with Gasteiger partial charge in [0.2, 0.25) is 17.7 Å². The minimum Gasteiger partial charge on any atom is -0.394 e. The Morgan fingerprint density at radius 2 is 1.72 bits per heavy atom. The minimum absolute atomic E-state index is 0.0301. The molecule has 220 valence electrons. The average molecular weight is 546 g/mol. The van der Waals surface area contributed by atoms with E-state index in [1.807, 2.05) is 27.7 Å². The van der Waals surface area contributed by atoms with Crippen molar-refractivity contribution < 1.29 is 24.2 Å². The van der Waals surface area contributed by atoms with Crippen molar-refractivity contribution in [1.29, 1.82) is 0 Å². The first-order valence-corrected chi connectivity index (χ1v) is 14.9. The van der Waals surface area contributed by atoms with Crippen molar-refractivity contribution in [2.24, 2.45) is 23.7 Å². The van der Waals surface area contributed by atoms with Gasteiger partial charge in [-0.25, -0.2) is 0 Å². The van der Waals surface area contributed by atoms with E-state index in [1.165, 1.54) is 0 Å². The lowest BCUT2D eigenvalue weighted by molar-refractivity contribution is -0.158. The van der Waals surface area contributed by atoms with Crippen molar-refractivity contribution in [3.05, 3.63) is 25.3 Å². The number of ether oxygens (including phenoxy) is 1. The van der Waals surface area contributed by atoms with E-state index in [0.717, 1.165) is 25.7 Å². The SMILES string of the molecule is C=CCN(CCCCC)C(=O)C1N([C@@H](CO)C(C)C)C(=O)[C@@H]2[C@@H](C(=O)N(CC=C)CCC)[C@]3(C)OC12CC3C. The molecule has 39 heavy (non-hydrogen) atoms. The molecule has 1 N–H and O–H groups in total. The second-order valence-electron chi connectivity index (χ2n) is 12.3. The number of unbranched alkanes of at least 4 members (excludes halogenated alkanes) is 2. The summed E-state index contributed by atoms with van der Waals surface area (Å²) in [5, 5.41) is 10.5. The lowest BCUT2D eigenvalue weighted by atomic mass is 9.62. The molecule has 3 saturated heterocycles. The number of hydrogen-bond donors (Lipinski definition) is 1. The summed E-state index contributed by atoms with van der Waals surface area (Å²) in [5.74, 6) is -2.15. The van der Waals surface area contributed by atoms with Gasteiger partial charge in [-0.1, -0.05) is 59.6 Å². The van der Waals surface area contributed by atoms with Gasteiger partial charge in [0.25, 0.3) is 0 Å². The van der Waals surface area contributed by atoms with Crippen molar-refractivity contribution in [1.82, 2.24) is 14.7 Å². The van der Waals surface area contributed by atoms with Crippen LogP contribution in [0.4, 0.5) is 0 Å². The van der Waals surface area contributed by atoms with E-state index < -0.39 is 35.1 Å². The Morgan fingerprint density at radius 3 is 2.23 bits per heavy atom. The Bertz CT molecular complexity index is 937. The summed E-state index contributed by atoms with van der Waals surface area (Å²) in [6.45, 7) is 21.3. The summed E-state index contributed by atoms with van der Waals surface area (Å²) < 4.78 is 6.90. The Morgan fingerprint density at radius 1 is 1.10 bits per heavy atom. The van der Waals surface area contributed by atoms with Gasteiger partial charge in [0.1, 0.15) is 11.6 Å². The second-order valence-corrected chi connectivity index (χ2v) is 12.3. The summed E-state index contributed by atoms with van der Waals surface area (Å²) in [6, 6.07) is -1.47. The van der Waals surface area contributed by atoms with Crippen LogP contribution < -0.4 is 0 Å². The largest absolute Gasteiger partial charge is 0.394 e. The number of nitrogens with zero attached hydrogens (tertiary/aromatic N) is 3. The normalized spacial score (nSPS) is 31.9. The maximum Gasteiger partial charge on any atom is 0.248 e. The lowest BCUT2D eigenvalue weighted by Gasteiger charge is -2.40. The third-order valence-electron chi connectivity index (χ3n) is 9.41. The molecular weight excluding hydrogens is 494 g/mol. The van der Waals surface area contributed by atoms with E-state index in [1.54, 1.807) is 26.9 Å². The number of carbonyl (C=O) groups excluding carboxylic acids is 3. The van der Waals surface area contributed by atoms with Gasteiger partial charge in [-0.05, 0) is 38.0 Å². The zero-order chi connectivity index (χ0) is 29.1. The van der Waals surface area contributed by atoms with Crippen LogP contribution in [0.2, 0.25) is 0 Å². The van der Waals surface area contributed by atoms with Crippen LogP contribution >= 0.6 is 0 Å². The summed E-state index contributed by atoms with van der Waals surface area (Å²) in [4.78, 5) is 48.3. The van der Waals surface area contributed by atoms with Crippen molar-refractivity contribution in [3.8, 4) is 0 Å². The van der Waals surface area contributed by atoms with E-state index in [0.29, 0.717) is 32.6 Å². The quantitative estimate of drug-likeness (QED) is 0.251.